The Morgan fingerprint density at radius 3 is 2.76 bits per heavy atom. The Morgan fingerprint density at radius 1 is 1.15 bits per heavy atom. The van der Waals surface area contributed by atoms with Crippen LogP contribution in [0.5, 0.6) is 0 Å². The third-order valence-electron chi connectivity index (χ3n) is 4.85. The van der Waals surface area contributed by atoms with E-state index in [1.54, 1.807) is 40.1 Å². The van der Waals surface area contributed by atoms with Crippen molar-refractivity contribution in [3.05, 3.63) is 94.0 Å². The number of nitrogens with zero attached hydrogens (tertiary/aromatic N) is 7. The van der Waals surface area contributed by atoms with Crippen LogP contribution in [-0.4, -0.2) is 41.8 Å². The minimum atomic E-state index is -0.240. The maximum absolute atomic E-state index is 12.3. The summed E-state index contributed by atoms with van der Waals surface area (Å²) in [7, 11) is 0. The van der Waals surface area contributed by atoms with Gasteiger partial charge in [-0.05, 0) is 54.6 Å². The minimum Gasteiger partial charge on any atom is -0.299 e. The highest BCUT2D eigenvalue weighted by Crippen LogP contribution is 2.27. The molecule has 0 aliphatic carbocycles. The van der Waals surface area contributed by atoms with Crippen LogP contribution in [0.2, 0.25) is 5.02 Å². The molecule has 0 bridgehead atoms. The molecule has 0 spiro atoms. The molecule has 1 aliphatic rings. The summed E-state index contributed by atoms with van der Waals surface area (Å²) in [5, 5.41) is 21.0. The van der Waals surface area contributed by atoms with Crippen LogP contribution in [0.4, 0.5) is 0 Å². The first-order chi connectivity index (χ1) is 16.6. The van der Waals surface area contributed by atoms with E-state index in [1.807, 2.05) is 49.4 Å². The van der Waals surface area contributed by atoms with Crippen LogP contribution in [0.25, 0.3) is 17.6 Å². The average molecular weight is 489 g/mol. The molecular weight excluding hydrogens is 472 g/mol. The van der Waals surface area contributed by atoms with Crippen LogP contribution in [-0.2, 0) is 4.79 Å². The average Bonchev–Trinajstić information content (AvgIpc) is 3.55. The highest BCUT2D eigenvalue weighted by Gasteiger charge is 2.24. The molecule has 0 saturated carbocycles. The van der Waals surface area contributed by atoms with Crippen LogP contribution >= 0.6 is 23.4 Å². The van der Waals surface area contributed by atoms with Crippen molar-refractivity contribution in [1.82, 2.24) is 29.9 Å². The van der Waals surface area contributed by atoms with Gasteiger partial charge in [-0.3, -0.25) is 10.1 Å². The van der Waals surface area contributed by atoms with E-state index >= 15 is 0 Å². The number of benzene rings is 2. The van der Waals surface area contributed by atoms with E-state index in [1.165, 1.54) is 18.1 Å². The van der Waals surface area contributed by atoms with E-state index in [9.17, 15) is 4.79 Å². The number of amidine groups is 1. The van der Waals surface area contributed by atoms with Crippen molar-refractivity contribution in [3.63, 3.8) is 0 Å². The molecule has 3 heterocycles. The van der Waals surface area contributed by atoms with Gasteiger partial charge in [0.25, 0.3) is 5.91 Å². The number of thioether (sulfide) groups is 1. The number of halogens is 1. The van der Waals surface area contributed by atoms with Crippen LogP contribution in [0.15, 0.2) is 82.4 Å². The van der Waals surface area contributed by atoms with E-state index in [4.69, 9.17) is 11.6 Å². The topological polar surface area (TPSA) is 102 Å². The van der Waals surface area contributed by atoms with E-state index in [0.717, 1.165) is 22.5 Å². The zero-order chi connectivity index (χ0) is 23.5. The van der Waals surface area contributed by atoms with Crippen molar-refractivity contribution in [1.29, 1.82) is 0 Å². The SMILES string of the molecule is Cc1nn(-c2ccccc2)c(-n2cncn2)c1C=N/N=C1/NC(=O)C(=Cc2cccc(Cl)c2)S1. The van der Waals surface area contributed by atoms with Crippen molar-refractivity contribution in [3.8, 4) is 11.5 Å². The molecule has 1 amide bonds. The first kappa shape index (κ1) is 21.8. The number of hydrogen-bond donors (Lipinski definition) is 1. The van der Waals surface area contributed by atoms with Gasteiger partial charge in [0, 0.05) is 5.02 Å². The van der Waals surface area contributed by atoms with Gasteiger partial charge in [0.1, 0.15) is 12.7 Å². The second-order valence-corrected chi connectivity index (χ2v) is 8.65. The van der Waals surface area contributed by atoms with Gasteiger partial charge in [-0.15, -0.1) is 5.10 Å². The lowest BCUT2D eigenvalue weighted by Gasteiger charge is -2.07. The molecule has 1 aliphatic heterocycles. The monoisotopic (exact) mass is 488 g/mol. The normalized spacial score (nSPS) is 16.1. The van der Waals surface area contributed by atoms with Crippen LogP contribution in [0, 0.1) is 6.92 Å². The number of carbonyl (C=O) groups is 1. The fourth-order valence-electron chi connectivity index (χ4n) is 3.33. The first-order valence-corrected chi connectivity index (χ1v) is 11.4. The molecule has 1 N–H and O–H groups in total. The van der Waals surface area contributed by atoms with Gasteiger partial charge >= 0.3 is 0 Å². The van der Waals surface area contributed by atoms with Crippen LogP contribution in [0.3, 0.4) is 0 Å². The Balaban J connectivity index is 1.44. The molecular formula is C23H17ClN8OS. The molecule has 1 fully saturated rings. The number of aromatic nitrogens is 5. The Hall–Kier alpha value is -4.02. The number of rotatable bonds is 5. The number of carbonyl (C=O) groups excluding carboxylic acids is 1. The molecule has 0 radical (unpaired) electrons. The number of aryl methyl sites for hydroxylation is 1. The van der Waals surface area contributed by atoms with E-state index in [0.29, 0.717) is 20.9 Å². The highest BCUT2D eigenvalue weighted by molar-refractivity contribution is 8.18. The molecule has 5 rings (SSSR count). The van der Waals surface area contributed by atoms with Gasteiger partial charge in [-0.2, -0.15) is 15.3 Å². The number of hydrogen-bond acceptors (Lipinski definition) is 7. The summed E-state index contributed by atoms with van der Waals surface area (Å²) in [4.78, 5) is 16.9. The Kier molecular flexibility index (Phi) is 6.07. The molecule has 34 heavy (non-hydrogen) atoms. The fraction of sp³-hybridized carbons (Fsp3) is 0.0435. The van der Waals surface area contributed by atoms with Crippen LogP contribution < -0.4 is 5.32 Å². The number of amides is 1. The largest absolute Gasteiger partial charge is 0.299 e. The van der Waals surface area contributed by atoms with Gasteiger partial charge in [0.2, 0.25) is 0 Å². The fourth-order valence-corrected chi connectivity index (χ4v) is 4.30. The smallest absolute Gasteiger partial charge is 0.264 e. The first-order valence-electron chi connectivity index (χ1n) is 10.2. The summed E-state index contributed by atoms with van der Waals surface area (Å²) in [6.45, 7) is 1.88. The summed E-state index contributed by atoms with van der Waals surface area (Å²) in [6, 6.07) is 17.0. The van der Waals surface area contributed by atoms with Gasteiger partial charge in [0.15, 0.2) is 11.0 Å². The number of para-hydroxylation sites is 1. The summed E-state index contributed by atoms with van der Waals surface area (Å²) in [5.41, 5.74) is 3.17. The molecule has 9 nitrogen and oxygen atoms in total. The Morgan fingerprint density at radius 2 is 2.00 bits per heavy atom. The van der Waals surface area contributed by atoms with Crippen molar-refractivity contribution >= 4 is 46.7 Å². The number of nitrogens with one attached hydrogen (secondary N) is 1. The third-order valence-corrected chi connectivity index (χ3v) is 5.99. The lowest BCUT2D eigenvalue weighted by molar-refractivity contribution is -0.115. The quantitative estimate of drug-likeness (QED) is 0.260. The predicted octanol–water partition coefficient (Wildman–Crippen LogP) is 4.01. The van der Waals surface area contributed by atoms with Crippen molar-refractivity contribution < 1.29 is 4.79 Å². The van der Waals surface area contributed by atoms with Crippen molar-refractivity contribution in [2.45, 2.75) is 6.92 Å². The zero-order valence-electron chi connectivity index (χ0n) is 17.8. The van der Waals surface area contributed by atoms with Gasteiger partial charge in [-0.25, -0.2) is 14.3 Å². The third kappa shape index (κ3) is 4.54. The van der Waals surface area contributed by atoms with E-state index < -0.39 is 0 Å². The molecule has 0 atom stereocenters. The van der Waals surface area contributed by atoms with Crippen molar-refractivity contribution in [2.75, 3.05) is 0 Å². The second kappa shape index (κ2) is 9.46. The summed E-state index contributed by atoms with van der Waals surface area (Å²) >= 11 is 7.24. The van der Waals surface area contributed by atoms with Crippen LogP contribution in [0.1, 0.15) is 16.8 Å². The summed E-state index contributed by atoms with van der Waals surface area (Å²) < 4.78 is 3.40. The molecule has 4 aromatic rings. The summed E-state index contributed by atoms with van der Waals surface area (Å²) in [5.74, 6) is 0.435. The lowest BCUT2D eigenvalue weighted by Crippen LogP contribution is -2.19. The van der Waals surface area contributed by atoms with Crippen molar-refractivity contribution in [2.24, 2.45) is 10.2 Å². The maximum Gasteiger partial charge on any atom is 0.264 e. The Labute approximate surface area is 203 Å². The Bertz CT molecular complexity index is 1440. The molecule has 1 saturated heterocycles. The summed E-state index contributed by atoms with van der Waals surface area (Å²) in [6.07, 6.45) is 6.41. The van der Waals surface area contributed by atoms with Gasteiger partial charge in [-0.1, -0.05) is 41.9 Å². The standard InChI is InChI=1S/C23H17ClN8OS/c1-15-19(22(31-14-25-13-27-31)32(30-15)18-8-3-2-4-9-18)12-26-29-23-28-21(33)20(34-23)11-16-6-5-7-17(24)10-16/h2-14H,1H3,(H,28,29,33). The molecule has 0 unspecified atom stereocenters. The van der Waals surface area contributed by atoms with Gasteiger partial charge in [0.05, 0.1) is 28.1 Å². The maximum atomic E-state index is 12.3. The van der Waals surface area contributed by atoms with E-state index in [-0.39, 0.29) is 5.91 Å². The second-order valence-electron chi connectivity index (χ2n) is 7.18. The van der Waals surface area contributed by atoms with Gasteiger partial charge < -0.3 is 0 Å². The van der Waals surface area contributed by atoms with E-state index in [2.05, 4.69) is 30.7 Å². The zero-order valence-corrected chi connectivity index (χ0v) is 19.4. The highest BCUT2D eigenvalue weighted by atomic mass is 35.5. The molecule has 11 heteroatoms. The predicted molar refractivity (Wildman–Crippen MR) is 133 cm³/mol. The molecule has 2 aromatic heterocycles. The minimum absolute atomic E-state index is 0.240. The molecule has 2 aromatic carbocycles. The molecule has 168 valence electrons. The lowest BCUT2D eigenvalue weighted by atomic mass is 10.2.